The summed E-state index contributed by atoms with van der Waals surface area (Å²) in [6, 6.07) is 8.16. The predicted octanol–water partition coefficient (Wildman–Crippen LogP) is 3.21. The summed E-state index contributed by atoms with van der Waals surface area (Å²) in [5, 5.41) is 11.6. The number of rotatable bonds is 5. The third-order valence-corrected chi connectivity index (χ3v) is 3.29. The normalized spacial score (nSPS) is 11.2. The maximum absolute atomic E-state index is 9.41. The highest BCUT2D eigenvalue weighted by atomic mass is 16.3. The molecule has 0 saturated carbocycles. The van der Waals surface area contributed by atoms with Gasteiger partial charge in [0.1, 0.15) is 5.82 Å². The van der Waals surface area contributed by atoms with E-state index in [-0.39, 0.29) is 6.61 Å². The zero-order valence-electron chi connectivity index (χ0n) is 11.9. The number of hydrogen-bond acceptors (Lipinski definition) is 3. The van der Waals surface area contributed by atoms with Gasteiger partial charge in [0, 0.05) is 30.2 Å². The van der Waals surface area contributed by atoms with Crippen molar-refractivity contribution >= 4 is 16.6 Å². The zero-order valence-corrected chi connectivity index (χ0v) is 11.9. The number of anilines is 1. The van der Waals surface area contributed by atoms with Gasteiger partial charge in [0.2, 0.25) is 0 Å². The molecule has 1 aromatic heterocycles. The van der Waals surface area contributed by atoms with Crippen molar-refractivity contribution in [1.29, 1.82) is 0 Å². The molecule has 0 amide bonds. The molecular formula is C16H22N2O. The molecule has 102 valence electrons. The average Bonchev–Trinajstić information content (AvgIpc) is 2.43. The summed E-state index contributed by atoms with van der Waals surface area (Å²) in [6.45, 7) is 8.54. The lowest BCUT2D eigenvalue weighted by Gasteiger charge is -2.25. The molecule has 0 aliphatic carbocycles. The quantitative estimate of drug-likeness (QED) is 0.894. The van der Waals surface area contributed by atoms with Crippen molar-refractivity contribution < 1.29 is 5.11 Å². The fourth-order valence-corrected chi connectivity index (χ4v) is 2.42. The van der Waals surface area contributed by atoms with E-state index in [1.807, 2.05) is 12.1 Å². The molecule has 0 spiro atoms. The summed E-state index contributed by atoms with van der Waals surface area (Å²) < 4.78 is 0. The molecule has 1 aromatic carbocycles. The van der Waals surface area contributed by atoms with Crippen LogP contribution >= 0.6 is 0 Å². The molecule has 0 unspecified atom stereocenters. The van der Waals surface area contributed by atoms with E-state index in [1.165, 1.54) is 0 Å². The molecule has 1 N–H and O–H groups in total. The van der Waals surface area contributed by atoms with Gasteiger partial charge in [0.15, 0.2) is 0 Å². The molecule has 0 bridgehead atoms. The highest BCUT2D eigenvalue weighted by molar-refractivity contribution is 5.94. The number of aliphatic hydroxyl groups is 1. The first-order valence-electron chi connectivity index (χ1n) is 6.89. The number of pyridine rings is 1. The van der Waals surface area contributed by atoms with Crippen molar-refractivity contribution in [2.45, 2.75) is 27.4 Å². The number of benzene rings is 1. The fraction of sp³-hybridized carbons (Fsp3) is 0.438. The number of aromatic nitrogens is 1. The van der Waals surface area contributed by atoms with E-state index in [0.29, 0.717) is 5.92 Å². The largest absolute Gasteiger partial charge is 0.392 e. The third kappa shape index (κ3) is 2.87. The Morgan fingerprint density at radius 2 is 1.89 bits per heavy atom. The Morgan fingerprint density at radius 3 is 2.47 bits per heavy atom. The van der Waals surface area contributed by atoms with Gasteiger partial charge in [-0.2, -0.15) is 0 Å². The molecule has 1 heterocycles. The van der Waals surface area contributed by atoms with Crippen LogP contribution in [0.5, 0.6) is 0 Å². The monoisotopic (exact) mass is 258 g/mol. The predicted molar refractivity (Wildman–Crippen MR) is 80.4 cm³/mol. The van der Waals surface area contributed by atoms with E-state index in [4.69, 9.17) is 0 Å². The zero-order chi connectivity index (χ0) is 13.8. The summed E-state index contributed by atoms with van der Waals surface area (Å²) in [6.07, 6.45) is 1.79. The van der Waals surface area contributed by atoms with Gasteiger partial charge in [-0.3, -0.25) is 0 Å². The molecule has 0 aliphatic heterocycles. The van der Waals surface area contributed by atoms with Crippen LogP contribution in [-0.4, -0.2) is 23.2 Å². The maximum atomic E-state index is 9.41. The summed E-state index contributed by atoms with van der Waals surface area (Å²) >= 11 is 0. The Kier molecular flexibility index (Phi) is 4.38. The molecule has 0 fully saturated rings. The van der Waals surface area contributed by atoms with Gasteiger partial charge in [-0.1, -0.05) is 38.1 Å². The van der Waals surface area contributed by atoms with E-state index in [2.05, 4.69) is 42.8 Å². The van der Waals surface area contributed by atoms with Gasteiger partial charge >= 0.3 is 0 Å². The van der Waals surface area contributed by atoms with Crippen molar-refractivity contribution in [1.82, 2.24) is 4.98 Å². The topological polar surface area (TPSA) is 36.4 Å². The van der Waals surface area contributed by atoms with Crippen LogP contribution in [0.2, 0.25) is 0 Å². The maximum Gasteiger partial charge on any atom is 0.136 e. The first-order chi connectivity index (χ1) is 9.17. The second kappa shape index (κ2) is 6.02. The van der Waals surface area contributed by atoms with E-state index < -0.39 is 0 Å². The fourth-order valence-electron chi connectivity index (χ4n) is 2.42. The Bertz CT molecular complexity index is 551. The van der Waals surface area contributed by atoms with Crippen LogP contribution in [0.25, 0.3) is 10.8 Å². The minimum atomic E-state index is 0.0318. The van der Waals surface area contributed by atoms with Crippen LogP contribution < -0.4 is 4.90 Å². The summed E-state index contributed by atoms with van der Waals surface area (Å²) in [5.41, 5.74) is 0.889. The van der Waals surface area contributed by atoms with Crippen molar-refractivity contribution in [3.63, 3.8) is 0 Å². The van der Waals surface area contributed by atoms with Crippen molar-refractivity contribution in [3.05, 3.63) is 36.0 Å². The molecular weight excluding hydrogens is 236 g/mol. The standard InChI is InChI=1S/C16H22N2O/c1-4-18(10-12(2)3)16-15-8-6-5-7-14(15)13(11-19)9-17-16/h5-9,12,19H,4,10-11H2,1-3H3. The van der Waals surface area contributed by atoms with Gasteiger partial charge < -0.3 is 10.0 Å². The molecule has 19 heavy (non-hydrogen) atoms. The summed E-state index contributed by atoms with van der Waals surface area (Å²) in [7, 11) is 0. The second-order valence-corrected chi connectivity index (χ2v) is 5.24. The minimum absolute atomic E-state index is 0.0318. The highest BCUT2D eigenvalue weighted by Crippen LogP contribution is 2.27. The second-order valence-electron chi connectivity index (χ2n) is 5.24. The molecule has 3 heteroatoms. The highest BCUT2D eigenvalue weighted by Gasteiger charge is 2.13. The van der Waals surface area contributed by atoms with E-state index in [0.717, 1.165) is 35.2 Å². The third-order valence-electron chi connectivity index (χ3n) is 3.29. The van der Waals surface area contributed by atoms with E-state index in [1.54, 1.807) is 6.20 Å². The van der Waals surface area contributed by atoms with Gasteiger partial charge in [-0.25, -0.2) is 4.98 Å². The van der Waals surface area contributed by atoms with Crippen molar-refractivity contribution in [3.8, 4) is 0 Å². The van der Waals surface area contributed by atoms with E-state index in [9.17, 15) is 5.11 Å². The van der Waals surface area contributed by atoms with Gasteiger partial charge in [-0.15, -0.1) is 0 Å². The first-order valence-corrected chi connectivity index (χ1v) is 6.89. The molecule has 3 nitrogen and oxygen atoms in total. The Hall–Kier alpha value is -1.61. The lowest BCUT2D eigenvalue weighted by atomic mass is 10.1. The van der Waals surface area contributed by atoms with Gasteiger partial charge in [-0.05, 0) is 18.2 Å². The molecule has 0 aliphatic rings. The van der Waals surface area contributed by atoms with Crippen LogP contribution in [0.1, 0.15) is 26.3 Å². The Labute approximate surface area is 114 Å². The SMILES string of the molecule is CCN(CC(C)C)c1ncc(CO)c2ccccc12. The Morgan fingerprint density at radius 1 is 1.21 bits per heavy atom. The lowest BCUT2D eigenvalue weighted by Crippen LogP contribution is -2.28. The first kappa shape index (κ1) is 13.8. The smallest absolute Gasteiger partial charge is 0.136 e. The average molecular weight is 258 g/mol. The van der Waals surface area contributed by atoms with E-state index >= 15 is 0 Å². The van der Waals surface area contributed by atoms with Crippen LogP contribution in [-0.2, 0) is 6.61 Å². The molecule has 0 radical (unpaired) electrons. The number of nitrogens with zero attached hydrogens (tertiary/aromatic N) is 2. The molecule has 2 aromatic rings. The van der Waals surface area contributed by atoms with Crippen molar-refractivity contribution in [2.75, 3.05) is 18.0 Å². The van der Waals surface area contributed by atoms with Crippen LogP contribution in [0.15, 0.2) is 30.5 Å². The lowest BCUT2D eigenvalue weighted by molar-refractivity contribution is 0.283. The van der Waals surface area contributed by atoms with Gasteiger partial charge in [0.05, 0.1) is 6.61 Å². The van der Waals surface area contributed by atoms with Crippen LogP contribution in [0.4, 0.5) is 5.82 Å². The molecule has 2 rings (SSSR count). The van der Waals surface area contributed by atoms with Crippen LogP contribution in [0.3, 0.4) is 0 Å². The number of fused-ring (bicyclic) bond motifs is 1. The Balaban J connectivity index is 2.54. The summed E-state index contributed by atoms with van der Waals surface area (Å²) in [5.74, 6) is 1.61. The van der Waals surface area contributed by atoms with Crippen LogP contribution in [0, 0.1) is 5.92 Å². The van der Waals surface area contributed by atoms with Crippen molar-refractivity contribution in [2.24, 2.45) is 5.92 Å². The number of aliphatic hydroxyl groups excluding tert-OH is 1. The molecule has 0 atom stereocenters. The van der Waals surface area contributed by atoms with Gasteiger partial charge in [0.25, 0.3) is 0 Å². The summed E-state index contributed by atoms with van der Waals surface area (Å²) in [4.78, 5) is 6.87. The molecule has 0 saturated heterocycles. The number of hydrogen-bond donors (Lipinski definition) is 1. The minimum Gasteiger partial charge on any atom is -0.392 e.